The van der Waals surface area contributed by atoms with Gasteiger partial charge in [-0.2, -0.15) is 0 Å². The van der Waals surface area contributed by atoms with Crippen LogP contribution in [0.15, 0.2) is 46.9 Å². The lowest BCUT2D eigenvalue weighted by Gasteiger charge is -2.17. The van der Waals surface area contributed by atoms with Crippen LogP contribution in [0.1, 0.15) is 42.5 Å². The largest absolute Gasteiger partial charge is 0.271 e. The lowest BCUT2D eigenvalue weighted by molar-refractivity contribution is 0.548. The van der Waals surface area contributed by atoms with Gasteiger partial charge in [-0.25, -0.2) is 4.39 Å². The van der Waals surface area contributed by atoms with Gasteiger partial charge in [0.25, 0.3) is 0 Å². The molecule has 2 aromatic carbocycles. The van der Waals surface area contributed by atoms with Gasteiger partial charge in [0.15, 0.2) is 0 Å². The molecule has 2 rings (SSSR count). The topological polar surface area (TPSA) is 38.0 Å². The third kappa shape index (κ3) is 4.13. The van der Waals surface area contributed by atoms with E-state index in [0.717, 1.165) is 12.0 Å². The zero-order chi connectivity index (χ0) is 15.4. The fraction of sp³-hybridized carbons (Fsp3) is 0.294. The molecule has 0 aliphatic carbocycles. The average molecular weight is 351 g/mol. The molecule has 0 saturated heterocycles. The van der Waals surface area contributed by atoms with E-state index in [1.165, 1.54) is 17.2 Å². The van der Waals surface area contributed by atoms with Crippen molar-refractivity contribution in [1.82, 2.24) is 5.43 Å². The van der Waals surface area contributed by atoms with Crippen molar-refractivity contribution in [3.63, 3.8) is 0 Å². The Bertz CT molecular complexity index is 596. The maximum absolute atomic E-state index is 13.3. The van der Waals surface area contributed by atoms with E-state index in [9.17, 15) is 4.39 Å². The summed E-state index contributed by atoms with van der Waals surface area (Å²) >= 11 is 3.21. The maximum atomic E-state index is 13.3. The molecule has 112 valence electrons. The number of rotatable bonds is 5. The van der Waals surface area contributed by atoms with Gasteiger partial charge in [0, 0.05) is 0 Å². The van der Waals surface area contributed by atoms with Crippen molar-refractivity contribution in [2.24, 2.45) is 5.84 Å². The van der Waals surface area contributed by atoms with Gasteiger partial charge >= 0.3 is 0 Å². The van der Waals surface area contributed by atoms with Crippen molar-refractivity contribution in [1.29, 1.82) is 0 Å². The van der Waals surface area contributed by atoms with Gasteiger partial charge in [-0.1, -0.05) is 44.2 Å². The highest BCUT2D eigenvalue weighted by molar-refractivity contribution is 9.10. The van der Waals surface area contributed by atoms with Gasteiger partial charge in [0.05, 0.1) is 10.5 Å². The van der Waals surface area contributed by atoms with Crippen LogP contribution in [-0.2, 0) is 6.42 Å². The van der Waals surface area contributed by atoms with Crippen LogP contribution < -0.4 is 11.3 Å². The van der Waals surface area contributed by atoms with Crippen LogP contribution in [0.2, 0.25) is 0 Å². The molecule has 21 heavy (non-hydrogen) atoms. The van der Waals surface area contributed by atoms with Gasteiger partial charge in [0.2, 0.25) is 0 Å². The molecule has 0 aliphatic heterocycles. The summed E-state index contributed by atoms with van der Waals surface area (Å²) in [5.74, 6) is 5.92. The Kier molecular flexibility index (Phi) is 5.51. The summed E-state index contributed by atoms with van der Waals surface area (Å²) in [5.41, 5.74) is 6.28. The first-order valence-corrected chi connectivity index (χ1v) is 7.80. The second-order valence-corrected chi connectivity index (χ2v) is 6.35. The highest BCUT2D eigenvalue weighted by Crippen LogP contribution is 2.24. The number of benzene rings is 2. The fourth-order valence-electron chi connectivity index (χ4n) is 2.28. The second-order valence-electron chi connectivity index (χ2n) is 5.49. The smallest absolute Gasteiger partial charge is 0.137 e. The Hall–Kier alpha value is -1.23. The summed E-state index contributed by atoms with van der Waals surface area (Å²) in [6, 6.07) is 13.5. The van der Waals surface area contributed by atoms with Crippen LogP contribution in [0.5, 0.6) is 0 Å². The van der Waals surface area contributed by atoms with E-state index in [1.54, 1.807) is 12.1 Å². The molecule has 0 amide bonds. The molecule has 1 atom stereocenters. The van der Waals surface area contributed by atoms with E-state index in [4.69, 9.17) is 5.84 Å². The van der Waals surface area contributed by atoms with Gasteiger partial charge in [-0.3, -0.25) is 11.3 Å². The quantitative estimate of drug-likeness (QED) is 0.617. The first-order valence-electron chi connectivity index (χ1n) is 7.01. The van der Waals surface area contributed by atoms with Gasteiger partial charge in [0.1, 0.15) is 5.82 Å². The predicted molar refractivity (Wildman–Crippen MR) is 88.4 cm³/mol. The zero-order valence-electron chi connectivity index (χ0n) is 12.2. The summed E-state index contributed by atoms with van der Waals surface area (Å²) in [4.78, 5) is 0. The second kappa shape index (κ2) is 7.16. The third-order valence-corrected chi connectivity index (χ3v) is 4.24. The van der Waals surface area contributed by atoms with Crippen molar-refractivity contribution in [2.75, 3.05) is 0 Å². The van der Waals surface area contributed by atoms with Crippen LogP contribution in [0.25, 0.3) is 0 Å². The molecule has 2 aromatic rings. The summed E-state index contributed by atoms with van der Waals surface area (Å²) in [6.07, 6.45) is 0.757. The molecule has 0 fully saturated rings. The highest BCUT2D eigenvalue weighted by atomic mass is 79.9. The van der Waals surface area contributed by atoms with Crippen molar-refractivity contribution in [3.8, 4) is 0 Å². The monoisotopic (exact) mass is 350 g/mol. The number of hydrogen-bond donors (Lipinski definition) is 2. The van der Waals surface area contributed by atoms with E-state index < -0.39 is 0 Å². The molecule has 4 heteroatoms. The Morgan fingerprint density at radius 3 is 2.24 bits per heavy atom. The molecule has 0 aromatic heterocycles. The minimum absolute atomic E-state index is 0.0493. The van der Waals surface area contributed by atoms with E-state index >= 15 is 0 Å². The lowest BCUT2D eigenvalue weighted by Crippen LogP contribution is -2.29. The number of nitrogens with one attached hydrogen (secondary N) is 1. The molecule has 0 aliphatic rings. The molecule has 1 unspecified atom stereocenters. The molecule has 3 N–H and O–H groups in total. The molecule has 0 radical (unpaired) electrons. The Balaban J connectivity index is 2.16. The van der Waals surface area contributed by atoms with E-state index in [2.05, 4.69) is 59.5 Å². The summed E-state index contributed by atoms with van der Waals surface area (Å²) < 4.78 is 13.8. The Labute approximate surface area is 133 Å². The minimum atomic E-state index is -0.268. The lowest BCUT2D eigenvalue weighted by atomic mass is 9.96. The van der Waals surface area contributed by atoms with Gasteiger partial charge in [-0.15, -0.1) is 0 Å². The van der Waals surface area contributed by atoms with Crippen LogP contribution in [0.3, 0.4) is 0 Å². The molecule has 0 heterocycles. The number of halogens is 2. The van der Waals surface area contributed by atoms with Crippen LogP contribution >= 0.6 is 15.9 Å². The van der Waals surface area contributed by atoms with Gasteiger partial charge in [-0.05, 0) is 57.1 Å². The Morgan fingerprint density at radius 1 is 1.10 bits per heavy atom. The maximum Gasteiger partial charge on any atom is 0.137 e. The van der Waals surface area contributed by atoms with Crippen LogP contribution in [0, 0.1) is 5.82 Å². The normalized spacial score (nSPS) is 12.7. The van der Waals surface area contributed by atoms with Crippen molar-refractivity contribution < 1.29 is 4.39 Å². The highest BCUT2D eigenvalue weighted by Gasteiger charge is 2.12. The molecular formula is C17H20BrFN2. The van der Waals surface area contributed by atoms with Crippen LogP contribution in [0.4, 0.5) is 4.39 Å². The number of hydrazine groups is 1. The van der Waals surface area contributed by atoms with Crippen molar-refractivity contribution >= 4 is 15.9 Å². The summed E-state index contributed by atoms with van der Waals surface area (Å²) in [6.45, 7) is 4.35. The van der Waals surface area contributed by atoms with Crippen molar-refractivity contribution in [3.05, 3.63) is 69.4 Å². The van der Waals surface area contributed by atoms with E-state index in [-0.39, 0.29) is 11.9 Å². The molecular weight excluding hydrogens is 331 g/mol. The van der Waals surface area contributed by atoms with E-state index in [0.29, 0.717) is 10.4 Å². The standard InChI is InChI=1S/C17H20BrFN2/c1-11(2)13-5-3-12(4-6-13)9-17(21-20)14-7-8-16(19)15(18)10-14/h3-8,10-11,17,21H,9,20H2,1-2H3. The molecule has 0 spiro atoms. The number of hydrogen-bond acceptors (Lipinski definition) is 2. The first kappa shape index (κ1) is 16.1. The predicted octanol–water partition coefficient (Wildman–Crippen LogP) is 4.46. The average Bonchev–Trinajstić information content (AvgIpc) is 2.48. The molecule has 0 saturated carbocycles. The summed E-state index contributed by atoms with van der Waals surface area (Å²) in [7, 11) is 0. The Morgan fingerprint density at radius 2 is 1.71 bits per heavy atom. The van der Waals surface area contributed by atoms with Crippen LogP contribution in [-0.4, -0.2) is 0 Å². The number of nitrogens with two attached hydrogens (primary N) is 1. The molecule has 2 nitrogen and oxygen atoms in total. The first-order chi connectivity index (χ1) is 10.0. The zero-order valence-corrected chi connectivity index (χ0v) is 13.8. The van der Waals surface area contributed by atoms with Gasteiger partial charge < -0.3 is 0 Å². The molecule has 0 bridgehead atoms. The fourth-order valence-corrected chi connectivity index (χ4v) is 2.67. The SMILES string of the molecule is CC(C)c1ccc(CC(NN)c2ccc(F)c(Br)c2)cc1. The van der Waals surface area contributed by atoms with E-state index in [1.807, 2.05) is 0 Å². The minimum Gasteiger partial charge on any atom is -0.271 e. The summed E-state index contributed by atoms with van der Waals surface area (Å²) in [5, 5.41) is 0. The third-order valence-electron chi connectivity index (χ3n) is 3.63. The van der Waals surface area contributed by atoms with Crippen molar-refractivity contribution in [2.45, 2.75) is 32.2 Å².